The third kappa shape index (κ3) is 9.02. The third-order valence-corrected chi connectivity index (χ3v) is 6.61. The number of aliphatic hydroxyl groups is 1. The van der Waals surface area contributed by atoms with Crippen molar-refractivity contribution in [3.63, 3.8) is 0 Å². The number of carbonyl (C=O) groups excluding carboxylic acids is 3. The molecule has 2 atom stereocenters. The first-order valence-electron chi connectivity index (χ1n) is 13.4. The van der Waals surface area contributed by atoms with Gasteiger partial charge in [-0.1, -0.05) is 6.08 Å². The van der Waals surface area contributed by atoms with Gasteiger partial charge in [0, 0.05) is 63.5 Å². The van der Waals surface area contributed by atoms with Crippen molar-refractivity contribution in [2.24, 2.45) is 4.99 Å². The number of allylic oxidation sites excluding steroid dienone is 1. The molecule has 0 fully saturated rings. The Balaban J connectivity index is 0.000000983. The quantitative estimate of drug-likeness (QED) is 0.206. The van der Waals surface area contributed by atoms with E-state index in [9.17, 15) is 14.7 Å². The number of amides is 2. The number of dihydropyridines is 1. The molecule has 2 amide bonds. The zero-order valence-electron chi connectivity index (χ0n) is 22.8. The van der Waals surface area contributed by atoms with Gasteiger partial charge >= 0.3 is 0 Å². The van der Waals surface area contributed by atoms with Crippen LogP contribution in [-0.4, -0.2) is 85.4 Å². The molecule has 3 aliphatic rings. The minimum absolute atomic E-state index is 0.0362. The number of unbranched alkanes of at least 4 members (excludes halogenated alkanes) is 1. The second kappa shape index (κ2) is 15.8. The van der Waals surface area contributed by atoms with Crippen molar-refractivity contribution in [3.8, 4) is 5.75 Å². The van der Waals surface area contributed by atoms with Gasteiger partial charge in [-0.15, -0.1) is 0 Å². The van der Waals surface area contributed by atoms with E-state index in [-0.39, 0.29) is 11.9 Å². The minimum Gasteiger partial charge on any atom is -0.494 e. The maximum absolute atomic E-state index is 12.6. The van der Waals surface area contributed by atoms with Crippen molar-refractivity contribution in [1.82, 2.24) is 26.0 Å². The fourth-order valence-corrected chi connectivity index (χ4v) is 4.42. The average Bonchev–Trinajstić information content (AvgIpc) is 3.56. The highest BCUT2D eigenvalue weighted by Crippen LogP contribution is 2.29. The molecule has 0 aliphatic carbocycles. The molecule has 1 aromatic carbocycles. The Bertz CT molecular complexity index is 1070. The zero-order valence-corrected chi connectivity index (χ0v) is 22.8. The minimum atomic E-state index is -0.624. The van der Waals surface area contributed by atoms with Gasteiger partial charge in [0.25, 0.3) is 5.91 Å². The predicted molar refractivity (Wildman–Crippen MR) is 149 cm³/mol. The van der Waals surface area contributed by atoms with Crippen molar-refractivity contribution in [3.05, 3.63) is 52.9 Å². The SMILES string of the molecule is CC(CCC=O)N1Cc2cc(OCCCCNCC3=CN(C4=CCC(O)N=C4)NC3)ccc2C1=O.CNC=O. The monoisotopic (exact) mass is 540 g/mol. The molecule has 4 N–H and O–H groups in total. The van der Waals surface area contributed by atoms with Gasteiger partial charge in [0.05, 0.1) is 12.3 Å². The molecule has 0 saturated carbocycles. The Kier molecular flexibility index (Phi) is 12.1. The molecule has 11 heteroatoms. The number of aldehydes is 1. The van der Waals surface area contributed by atoms with Crippen LogP contribution in [0.1, 0.15) is 54.9 Å². The van der Waals surface area contributed by atoms with Gasteiger partial charge in [-0.05, 0) is 62.1 Å². The largest absolute Gasteiger partial charge is 0.494 e. The molecule has 0 spiro atoms. The Morgan fingerprint density at radius 1 is 1.31 bits per heavy atom. The highest BCUT2D eigenvalue weighted by Gasteiger charge is 2.30. The summed E-state index contributed by atoms with van der Waals surface area (Å²) < 4.78 is 5.93. The number of rotatable bonds is 14. The van der Waals surface area contributed by atoms with Gasteiger partial charge in [0.2, 0.25) is 6.41 Å². The fraction of sp³-hybridized carbons (Fsp3) is 0.500. The second-order valence-corrected chi connectivity index (χ2v) is 9.60. The first-order chi connectivity index (χ1) is 19.0. The number of aliphatic hydroxyl groups excluding tert-OH is 1. The van der Waals surface area contributed by atoms with Gasteiger partial charge in [-0.3, -0.25) is 19.6 Å². The van der Waals surface area contributed by atoms with Crippen molar-refractivity contribution in [2.75, 3.05) is 33.3 Å². The average molecular weight is 541 g/mol. The van der Waals surface area contributed by atoms with E-state index in [0.29, 0.717) is 38.8 Å². The van der Waals surface area contributed by atoms with Crippen molar-refractivity contribution in [2.45, 2.75) is 57.8 Å². The van der Waals surface area contributed by atoms with Crippen LogP contribution in [0, 0.1) is 0 Å². The van der Waals surface area contributed by atoms with Crippen LogP contribution in [0.25, 0.3) is 0 Å². The summed E-state index contributed by atoms with van der Waals surface area (Å²) in [4.78, 5) is 38.2. The Hall–Kier alpha value is -3.54. The molecule has 0 aromatic heterocycles. The van der Waals surface area contributed by atoms with Crippen LogP contribution in [0.3, 0.4) is 0 Å². The number of hydrazine groups is 1. The summed E-state index contributed by atoms with van der Waals surface area (Å²) in [6.07, 6.45) is 10.3. The van der Waals surface area contributed by atoms with Gasteiger partial charge < -0.3 is 30.2 Å². The number of aliphatic imine (C=N–C) groups is 1. The number of fused-ring (bicyclic) bond motifs is 1. The summed E-state index contributed by atoms with van der Waals surface area (Å²) in [5.74, 6) is 0.830. The summed E-state index contributed by atoms with van der Waals surface area (Å²) >= 11 is 0. The molecule has 0 radical (unpaired) electrons. The molecule has 11 nitrogen and oxygen atoms in total. The Morgan fingerprint density at radius 2 is 2.13 bits per heavy atom. The molecule has 0 saturated heterocycles. The van der Waals surface area contributed by atoms with Crippen LogP contribution >= 0.6 is 0 Å². The van der Waals surface area contributed by atoms with E-state index in [1.54, 1.807) is 13.3 Å². The molecule has 4 rings (SSSR count). The maximum atomic E-state index is 12.6. The predicted octanol–water partition coefficient (Wildman–Crippen LogP) is 1.50. The number of carbonyl (C=O) groups is 3. The van der Waals surface area contributed by atoms with Crippen LogP contribution in [0.2, 0.25) is 0 Å². The lowest BCUT2D eigenvalue weighted by molar-refractivity contribution is -0.109. The molecule has 3 heterocycles. The fourth-order valence-electron chi connectivity index (χ4n) is 4.42. The first-order valence-corrected chi connectivity index (χ1v) is 13.4. The highest BCUT2D eigenvalue weighted by atomic mass is 16.5. The summed E-state index contributed by atoms with van der Waals surface area (Å²) in [7, 11) is 1.56. The van der Waals surface area contributed by atoms with E-state index in [1.807, 2.05) is 41.1 Å². The second-order valence-electron chi connectivity index (χ2n) is 9.60. The normalized spacial score (nSPS) is 18.5. The number of benzene rings is 1. The topological polar surface area (TPSA) is 136 Å². The van der Waals surface area contributed by atoms with Gasteiger partial charge in [0.1, 0.15) is 18.3 Å². The van der Waals surface area contributed by atoms with Crippen molar-refractivity contribution in [1.29, 1.82) is 0 Å². The molecule has 2 unspecified atom stereocenters. The lowest BCUT2D eigenvalue weighted by Gasteiger charge is -2.23. The molecule has 3 aliphatic heterocycles. The van der Waals surface area contributed by atoms with Crippen LogP contribution in [0.5, 0.6) is 5.75 Å². The summed E-state index contributed by atoms with van der Waals surface area (Å²) in [6, 6.07) is 5.73. The third-order valence-electron chi connectivity index (χ3n) is 6.61. The number of hydrogen-bond acceptors (Lipinski definition) is 9. The lowest BCUT2D eigenvalue weighted by atomic mass is 10.1. The van der Waals surface area contributed by atoms with Crippen LogP contribution in [0.4, 0.5) is 0 Å². The number of hydrogen-bond donors (Lipinski definition) is 4. The van der Waals surface area contributed by atoms with Gasteiger partial charge in [0.15, 0.2) is 0 Å². The van der Waals surface area contributed by atoms with E-state index in [2.05, 4.69) is 27.3 Å². The Morgan fingerprint density at radius 3 is 2.85 bits per heavy atom. The highest BCUT2D eigenvalue weighted by molar-refractivity contribution is 5.98. The van der Waals surface area contributed by atoms with E-state index in [1.165, 1.54) is 5.57 Å². The summed E-state index contributed by atoms with van der Waals surface area (Å²) in [6.45, 7) is 5.71. The van der Waals surface area contributed by atoms with E-state index >= 15 is 0 Å². The van der Waals surface area contributed by atoms with Crippen molar-refractivity contribution >= 4 is 24.8 Å². The number of nitrogens with zero attached hydrogens (tertiary/aromatic N) is 3. The van der Waals surface area contributed by atoms with Crippen molar-refractivity contribution < 1.29 is 24.2 Å². The van der Waals surface area contributed by atoms with E-state index in [0.717, 1.165) is 61.3 Å². The number of nitrogens with one attached hydrogen (secondary N) is 3. The summed E-state index contributed by atoms with van der Waals surface area (Å²) in [5, 5.41) is 17.1. The van der Waals surface area contributed by atoms with Crippen LogP contribution in [-0.2, 0) is 16.1 Å². The van der Waals surface area contributed by atoms with E-state index in [4.69, 9.17) is 9.53 Å². The van der Waals surface area contributed by atoms with Crippen LogP contribution < -0.4 is 20.8 Å². The van der Waals surface area contributed by atoms with Crippen LogP contribution in [0.15, 0.2) is 46.7 Å². The summed E-state index contributed by atoms with van der Waals surface area (Å²) in [5.41, 5.74) is 7.26. The molecule has 212 valence electrons. The van der Waals surface area contributed by atoms with Gasteiger partial charge in [-0.25, -0.2) is 5.43 Å². The number of ether oxygens (including phenoxy) is 1. The molecule has 1 aromatic rings. The maximum Gasteiger partial charge on any atom is 0.254 e. The Labute approximate surface area is 229 Å². The zero-order chi connectivity index (χ0) is 28.0. The molecule has 39 heavy (non-hydrogen) atoms. The smallest absolute Gasteiger partial charge is 0.254 e. The van der Waals surface area contributed by atoms with E-state index < -0.39 is 6.23 Å². The van der Waals surface area contributed by atoms with Gasteiger partial charge in [-0.2, -0.15) is 0 Å². The first kappa shape index (κ1) is 30.0. The lowest BCUT2D eigenvalue weighted by Crippen LogP contribution is -2.33. The molecular weight excluding hydrogens is 500 g/mol. The molecular formula is C28H40N6O5. The standard InChI is InChI=1S/C26H35N5O4.C2H5NO/c1-19(5-4-11-32)30-18-21-13-23(7-8-24(21)26(30)34)35-12-3-2-10-27-14-20-15-29-31(17-20)22-6-9-25(33)28-16-22;1-3-2-4/h6-8,11,13,16-17,19,25,27,29,33H,2-5,9-10,12,14-15,18H2,1H3;2H,1H3,(H,3,4). The molecule has 0 bridgehead atoms.